The lowest BCUT2D eigenvalue weighted by molar-refractivity contribution is -0.121. The summed E-state index contributed by atoms with van der Waals surface area (Å²) in [5.41, 5.74) is 4.57. The largest absolute Gasteiger partial charge is 0.273 e. The molecule has 0 aromatic carbocycles. The predicted octanol–water partition coefficient (Wildman–Crippen LogP) is 1.94. The molecular formula is C12H14N2O. The molecule has 0 fully saturated rings. The van der Waals surface area contributed by atoms with Crippen LogP contribution < -0.4 is 5.43 Å². The first-order valence-electron chi connectivity index (χ1n) is 5.18. The summed E-state index contributed by atoms with van der Waals surface area (Å²) in [6.07, 6.45) is 11.7. The number of allylic oxidation sites excluding steroid dienone is 6. The number of rotatable bonds is 1. The van der Waals surface area contributed by atoms with Crippen LogP contribution in [-0.2, 0) is 4.79 Å². The van der Waals surface area contributed by atoms with Gasteiger partial charge in [-0.15, -0.1) is 0 Å². The molecule has 0 aromatic heterocycles. The lowest BCUT2D eigenvalue weighted by atomic mass is 10.0. The molecule has 0 aromatic rings. The third kappa shape index (κ3) is 2.43. The second-order valence-electron chi connectivity index (χ2n) is 3.82. The van der Waals surface area contributed by atoms with Crippen LogP contribution in [0, 0.1) is 5.92 Å². The molecular weight excluding hydrogens is 188 g/mol. The fourth-order valence-corrected chi connectivity index (χ4v) is 1.58. The topological polar surface area (TPSA) is 41.5 Å². The highest BCUT2D eigenvalue weighted by atomic mass is 16.2. The van der Waals surface area contributed by atoms with Crippen molar-refractivity contribution in [1.82, 2.24) is 5.43 Å². The Morgan fingerprint density at radius 2 is 2.27 bits per heavy atom. The van der Waals surface area contributed by atoms with Crippen molar-refractivity contribution >= 4 is 11.6 Å². The molecule has 15 heavy (non-hydrogen) atoms. The number of amides is 1. The van der Waals surface area contributed by atoms with Crippen LogP contribution in [0.15, 0.2) is 41.1 Å². The van der Waals surface area contributed by atoms with Crippen LogP contribution in [0.1, 0.15) is 19.8 Å². The zero-order chi connectivity index (χ0) is 10.7. The highest BCUT2D eigenvalue weighted by Crippen LogP contribution is 2.15. The molecule has 1 N–H and O–H groups in total. The summed E-state index contributed by atoms with van der Waals surface area (Å²) < 4.78 is 0. The highest BCUT2D eigenvalue weighted by molar-refractivity contribution is 6.06. The van der Waals surface area contributed by atoms with E-state index in [2.05, 4.69) is 35.7 Å². The molecule has 2 rings (SSSR count). The fraction of sp³-hybridized carbons (Fsp3) is 0.333. The maximum atomic E-state index is 10.9. The summed E-state index contributed by atoms with van der Waals surface area (Å²) in [6, 6.07) is 0. The minimum Gasteiger partial charge on any atom is -0.273 e. The molecule has 1 unspecified atom stereocenters. The van der Waals surface area contributed by atoms with E-state index in [1.807, 2.05) is 12.2 Å². The quantitative estimate of drug-likeness (QED) is 0.693. The molecule has 1 heterocycles. The van der Waals surface area contributed by atoms with E-state index < -0.39 is 0 Å². The summed E-state index contributed by atoms with van der Waals surface area (Å²) in [6.45, 7) is 2.13. The maximum Gasteiger partial charge on any atom is 0.240 e. The standard InChI is InChI=1S/C12H14N2O/c1-9-3-2-4-10(6-5-9)11-7-8-12(15)14-13-11/h2-6,9H,7-8H2,1H3,(H,14,15). The lowest BCUT2D eigenvalue weighted by Crippen LogP contribution is -2.26. The van der Waals surface area contributed by atoms with Gasteiger partial charge in [0.2, 0.25) is 5.91 Å². The molecule has 1 amide bonds. The van der Waals surface area contributed by atoms with Crippen molar-refractivity contribution < 1.29 is 4.79 Å². The molecule has 0 spiro atoms. The van der Waals surface area contributed by atoms with Crippen LogP contribution in [0.5, 0.6) is 0 Å². The number of hydrogen-bond acceptors (Lipinski definition) is 2. The van der Waals surface area contributed by atoms with Crippen molar-refractivity contribution in [2.45, 2.75) is 19.8 Å². The van der Waals surface area contributed by atoms with E-state index in [0.717, 1.165) is 17.7 Å². The van der Waals surface area contributed by atoms with E-state index in [9.17, 15) is 4.79 Å². The molecule has 0 saturated heterocycles. The molecule has 78 valence electrons. The van der Waals surface area contributed by atoms with Crippen molar-refractivity contribution in [2.24, 2.45) is 11.0 Å². The zero-order valence-corrected chi connectivity index (χ0v) is 8.73. The van der Waals surface area contributed by atoms with Crippen LogP contribution in [0.2, 0.25) is 0 Å². The van der Waals surface area contributed by atoms with E-state index in [4.69, 9.17) is 0 Å². The average Bonchev–Trinajstić information content (AvgIpc) is 2.44. The Kier molecular flexibility index (Phi) is 2.81. The summed E-state index contributed by atoms with van der Waals surface area (Å²) in [7, 11) is 0. The summed E-state index contributed by atoms with van der Waals surface area (Å²) in [4.78, 5) is 10.9. The van der Waals surface area contributed by atoms with Crippen LogP contribution in [0.25, 0.3) is 0 Å². The van der Waals surface area contributed by atoms with Gasteiger partial charge in [0.15, 0.2) is 0 Å². The predicted molar refractivity (Wildman–Crippen MR) is 60.3 cm³/mol. The molecule has 1 aliphatic carbocycles. The molecule has 0 saturated carbocycles. The molecule has 0 radical (unpaired) electrons. The third-order valence-electron chi connectivity index (χ3n) is 2.51. The van der Waals surface area contributed by atoms with Gasteiger partial charge in [-0.25, -0.2) is 5.43 Å². The Labute approximate surface area is 89.2 Å². The molecule has 3 nitrogen and oxygen atoms in total. The summed E-state index contributed by atoms with van der Waals surface area (Å²) >= 11 is 0. The van der Waals surface area contributed by atoms with E-state index >= 15 is 0 Å². The Morgan fingerprint density at radius 3 is 3.00 bits per heavy atom. The molecule has 3 heteroatoms. The average molecular weight is 202 g/mol. The normalized spacial score (nSPS) is 25.4. The Morgan fingerprint density at radius 1 is 1.40 bits per heavy atom. The van der Waals surface area contributed by atoms with E-state index in [1.54, 1.807) is 0 Å². The van der Waals surface area contributed by atoms with Crippen LogP contribution in [0.4, 0.5) is 0 Å². The number of nitrogens with one attached hydrogen (secondary N) is 1. The van der Waals surface area contributed by atoms with E-state index in [0.29, 0.717) is 12.3 Å². The van der Waals surface area contributed by atoms with Gasteiger partial charge in [0.25, 0.3) is 0 Å². The molecule has 0 bridgehead atoms. The number of hydrazone groups is 1. The molecule has 1 aliphatic heterocycles. The van der Waals surface area contributed by atoms with Gasteiger partial charge in [0.05, 0.1) is 5.71 Å². The van der Waals surface area contributed by atoms with Crippen LogP contribution in [-0.4, -0.2) is 11.6 Å². The highest BCUT2D eigenvalue weighted by Gasteiger charge is 2.13. The Balaban J connectivity index is 2.18. The maximum absolute atomic E-state index is 10.9. The fourth-order valence-electron chi connectivity index (χ4n) is 1.58. The summed E-state index contributed by atoms with van der Waals surface area (Å²) in [5.74, 6) is 0.457. The summed E-state index contributed by atoms with van der Waals surface area (Å²) in [5, 5.41) is 4.06. The SMILES string of the molecule is CC1C=CC=C(C2=NNC(=O)CC2)C=C1. The van der Waals surface area contributed by atoms with Gasteiger partial charge in [-0.3, -0.25) is 4.79 Å². The van der Waals surface area contributed by atoms with Crippen molar-refractivity contribution in [2.75, 3.05) is 0 Å². The van der Waals surface area contributed by atoms with Crippen molar-refractivity contribution in [3.8, 4) is 0 Å². The molecule has 2 aliphatic rings. The van der Waals surface area contributed by atoms with Gasteiger partial charge in [-0.2, -0.15) is 5.10 Å². The smallest absolute Gasteiger partial charge is 0.240 e. The van der Waals surface area contributed by atoms with Crippen LogP contribution in [0.3, 0.4) is 0 Å². The minimum absolute atomic E-state index is 0.000798. The van der Waals surface area contributed by atoms with E-state index in [1.165, 1.54) is 0 Å². The van der Waals surface area contributed by atoms with Crippen molar-refractivity contribution in [3.05, 3.63) is 36.0 Å². The van der Waals surface area contributed by atoms with Gasteiger partial charge in [-0.1, -0.05) is 37.3 Å². The van der Waals surface area contributed by atoms with Gasteiger partial charge >= 0.3 is 0 Å². The molecule has 1 atom stereocenters. The number of nitrogens with zero attached hydrogens (tertiary/aromatic N) is 1. The first-order chi connectivity index (χ1) is 7.25. The third-order valence-corrected chi connectivity index (χ3v) is 2.51. The second kappa shape index (κ2) is 4.26. The van der Waals surface area contributed by atoms with Gasteiger partial charge in [-0.05, 0) is 11.5 Å². The van der Waals surface area contributed by atoms with Crippen LogP contribution >= 0.6 is 0 Å². The monoisotopic (exact) mass is 202 g/mol. The number of hydrogen-bond donors (Lipinski definition) is 1. The minimum atomic E-state index is 0.000798. The van der Waals surface area contributed by atoms with Crippen molar-refractivity contribution in [3.63, 3.8) is 0 Å². The van der Waals surface area contributed by atoms with Gasteiger partial charge < -0.3 is 0 Å². The van der Waals surface area contributed by atoms with Gasteiger partial charge in [0.1, 0.15) is 0 Å². The first-order valence-corrected chi connectivity index (χ1v) is 5.18. The number of carbonyl (C=O) groups excluding carboxylic acids is 1. The zero-order valence-electron chi connectivity index (χ0n) is 8.73. The lowest BCUT2D eigenvalue weighted by Gasteiger charge is -2.12. The Bertz CT molecular complexity index is 388. The van der Waals surface area contributed by atoms with E-state index in [-0.39, 0.29) is 5.91 Å². The Hall–Kier alpha value is -1.64. The second-order valence-corrected chi connectivity index (χ2v) is 3.82. The van der Waals surface area contributed by atoms with Gasteiger partial charge in [0, 0.05) is 12.8 Å². The first kappa shape index (κ1) is 9.90. The van der Waals surface area contributed by atoms with Crippen molar-refractivity contribution in [1.29, 1.82) is 0 Å². The number of carbonyl (C=O) groups is 1.